The Kier molecular flexibility index (Phi) is 5.69. The van der Waals surface area contributed by atoms with E-state index in [0.29, 0.717) is 0 Å². The summed E-state index contributed by atoms with van der Waals surface area (Å²) in [5.41, 5.74) is 3.70. The number of hydrogen-bond donors (Lipinski definition) is 1. The normalized spacial score (nSPS) is 10.5. The van der Waals surface area contributed by atoms with Gasteiger partial charge in [0, 0.05) is 11.8 Å². The highest BCUT2D eigenvalue weighted by Crippen LogP contribution is 2.15. The van der Waals surface area contributed by atoms with Crippen molar-refractivity contribution in [3.8, 4) is 0 Å². The molecule has 2 aromatic carbocycles. The van der Waals surface area contributed by atoms with E-state index in [9.17, 15) is 9.59 Å². The average molecular weight is 309 g/mol. The van der Waals surface area contributed by atoms with Gasteiger partial charge in [-0.05, 0) is 37.1 Å². The lowest BCUT2D eigenvalue weighted by molar-refractivity contribution is -0.142. The molecule has 1 amide bonds. The standard InChI is InChI=1S/C19H19NO3/c1-14-8-10-17(15(2)12-14)20-18(21)13-23-19(22)11-9-16-6-4-3-5-7-16/h3-12H,13H2,1-2H3,(H,20,21). The Morgan fingerprint density at radius 2 is 1.83 bits per heavy atom. The summed E-state index contributed by atoms with van der Waals surface area (Å²) in [4.78, 5) is 23.4. The van der Waals surface area contributed by atoms with Crippen LogP contribution in [0.15, 0.2) is 54.6 Å². The zero-order chi connectivity index (χ0) is 16.7. The minimum absolute atomic E-state index is 0.314. The maximum absolute atomic E-state index is 11.8. The van der Waals surface area contributed by atoms with Gasteiger partial charge in [-0.25, -0.2) is 4.79 Å². The molecule has 0 saturated carbocycles. The summed E-state index contributed by atoms with van der Waals surface area (Å²) in [6, 6.07) is 15.1. The molecule has 0 radical (unpaired) electrons. The van der Waals surface area contributed by atoms with Gasteiger partial charge in [-0.15, -0.1) is 0 Å². The summed E-state index contributed by atoms with van der Waals surface area (Å²) in [5, 5.41) is 2.73. The first-order valence-electron chi connectivity index (χ1n) is 7.31. The van der Waals surface area contributed by atoms with Crippen LogP contribution in [0.2, 0.25) is 0 Å². The van der Waals surface area contributed by atoms with Crippen LogP contribution >= 0.6 is 0 Å². The van der Waals surface area contributed by atoms with Gasteiger partial charge in [0.2, 0.25) is 0 Å². The van der Waals surface area contributed by atoms with Crippen molar-refractivity contribution in [2.24, 2.45) is 0 Å². The zero-order valence-electron chi connectivity index (χ0n) is 13.2. The molecule has 0 aliphatic carbocycles. The van der Waals surface area contributed by atoms with Gasteiger partial charge in [-0.3, -0.25) is 4.79 Å². The molecule has 2 rings (SSSR count). The van der Waals surface area contributed by atoms with Crippen molar-refractivity contribution in [2.45, 2.75) is 13.8 Å². The molecule has 0 aliphatic rings. The second-order valence-electron chi connectivity index (χ2n) is 5.22. The van der Waals surface area contributed by atoms with Crippen LogP contribution in [0.3, 0.4) is 0 Å². The van der Waals surface area contributed by atoms with Crippen molar-refractivity contribution in [2.75, 3.05) is 11.9 Å². The monoisotopic (exact) mass is 309 g/mol. The summed E-state index contributed by atoms with van der Waals surface area (Å²) >= 11 is 0. The molecule has 2 aromatic rings. The number of aryl methyl sites for hydroxylation is 2. The van der Waals surface area contributed by atoms with Crippen LogP contribution in [-0.4, -0.2) is 18.5 Å². The number of rotatable bonds is 5. The summed E-state index contributed by atoms with van der Waals surface area (Å²) in [6.45, 7) is 3.59. The third-order valence-corrected chi connectivity index (χ3v) is 3.21. The molecule has 0 aliphatic heterocycles. The maximum Gasteiger partial charge on any atom is 0.331 e. The van der Waals surface area contributed by atoms with Gasteiger partial charge in [-0.1, -0.05) is 48.0 Å². The molecule has 4 heteroatoms. The van der Waals surface area contributed by atoms with Crippen LogP contribution in [0.25, 0.3) is 6.08 Å². The summed E-state index contributed by atoms with van der Waals surface area (Å²) in [5.74, 6) is -0.914. The Morgan fingerprint density at radius 1 is 1.09 bits per heavy atom. The molecule has 1 N–H and O–H groups in total. The van der Waals surface area contributed by atoms with Crippen LogP contribution in [0.1, 0.15) is 16.7 Å². The van der Waals surface area contributed by atoms with Gasteiger partial charge in [0.25, 0.3) is 5.91 Å². The predicted octanol–water partition coefficient (Wildman–Crippen LogP) is 3.50. The highest BCUT2D eigenvalue weighted by atomic mass is 16.5. The van der Waals surface area contributed by atoms with Gasteiger partial charge in [0.1, 0.15) is 0 Å². The molecule has 0 spiro atoms. The molecule has 0 saturated heterocycles. The van der Waals surface area contributed by atoms with Crippen molar-refractivity contribution in [1.82, 2.24) is 0 Å². The number of hydrogen-bond acceptors (Lipinski definition) is 3. The molecular weight excluding hydrogens is 290 g/mol. The number of ether oxygens (including phenoxy) is 1. The van der Waals surface area contributed by atoms with E-state index in [4.69, 9.17) is 4.74 Å². The molecule has 118 valence electrons. The number of nitrogens with one attached hydrogen (secondary N) is 1. The van der Waals surface area contributed by atoms with E-state index in [1.165, 1.54) is 6.08 Å². The Bertz CT molecular complexity index is 721. The maximum atomic E-state index is 11.8. The number of amides is 1. The van der Waals surface area contributed by atoms with E-state index < -0.39 is 5.97 Å². The van der Waals surface area contributed by atoms with Gasteiger partial charge in [0.05, 0.1) is 0 Å². The number of esters is 1. The Hall–Kier alpha value is -2.88. The summed E-state index contributed by atoms with van der Waals surface area (Å²) < 4.78 is 4.92. The van der Waals surface area contributed by atoms with Gasteiger partial charge >= 0.3 is 5.97 Å². The van der Waals surface area contributed by atoms with Crippen molar-refractivity contribution < 1.29 is 14.3 Å². The van der Waals surface area contributed by atoms with Crippen LogP contribution in [0.4, 0.5) is 5.69 Å². The Morgan fingerprint density at radius 3 is 2.52 bits per heavy atom. The summed E-state index contributed by atoms with van der Waals surface area (Å²) in [6.07, 6.45) is 2.95. The Labute approximate surface area is 135 Å². The van der Waals surface area contributed by atoms with Crippen LogP contribution < -0.4 is 5.32 Å². The highest BCUT2D eigenvalue weighted by Gasteiger charge is 2.07. The lowest BCUT2D eigenvalue weighted by atomic mass is 10.1. The third kappa shape index (κ3) is 5.43. The summed E-state index contributed by atoms with van der Waals surface area (Å²) in [7, 11) is 0. The SMILES string of the molecule is Cc1ccc(NC(=O)COC(=O)C=Cc2ccccc2)c(C)c1. The molecule has 0 bridgehead atoms. The van der Waals surface area contributed by atoms with Crippen molar-refractivity contribution in [1.29, 1.82) is 0 Å². The van der Waals surface area contributed by atoms with E-state index >= 15 is 0 Å². The lowest BCUT2D eigenvalue weighted by Crippen LogP contribution is -2.20. The second kappa shape index (κ2) is 7.94. The van der Waals surface area contributed by atoms with E-state index in [1.54, 1.807) is 6.08 Å². The van der Waals surface area contributed by atoms with Crippen LogP contribution in [0, 0.1) is 13.8 Å². The zero-order valence-corrected chi connectivity index (χ0v) is 13.2. The molecular formula is C19H19NO3. The molecule has 4 nitrogen and oxygen atoms in total. The van der Waals surface area contributed by atoms with Crippen LogP contribution in [0.5, 0.6) is 0 Å². The fraction of sp³-hybridized carbons (Fsp3) is 0.158. The van der Waals surface area contributed by atoms with E-state index in [2.05, 4.69) is 5.32 Å². The number of benzene rings is 2. The quantitative estimate of drug-likeness (QED) is 0.679. The first-order chi connectivity index (χ1) is 11.0. The fourth-order valence-corrected chi connectivity index (χ4v) is 2.05. The molecule has 0 atom stereocenters. The van der Waals surface area contributed by atoms with E-state index in [-0.39, 0.29) is 12.5 Å². The lowest BCUT2D eigenvalue weighted by Gasteiger charge is -2.09. The average Bonchev–Trinajstić information content (AvgIpc) is 2.54. The second-order valence-corrected chi connectivity index (χ2v) is 5.22. The topological polar surface area (TPSA) is 55.4 Å². The first-order valence-corrected chi connectivity index (χ1v) is 7.31. The van der Waals surface area contributed by atoms with Gasteiger partial charge in [0.15, 0.2) is 6.61 Å². The van der Waals surface area contributed by atoms with Crippen LogP contribution in [-0.2, 0) is 14.3 Å². The minimum atomic E-state index is -0.551. The smallest absolute Gasteiger partial charge is 0.331 e. The molecule has 23 heavy (non-hydrogen) atoms. The third-order valence-electron chi connectivity index (χ3n) is 3.21. The largest absolute Gasteiger partial charge is 0.452 e. The number of carbonyl (C=O) groups excluding carboxylic acids is 2. The van der Waals surface area contributed by atoms with Crippen molar-refractivity contribution in [3.63, 3.8) is 0 Å². The predicted molar refractivity (Wildman–Crippen MR) is 91.0 cm³/mol. The first kappa shape index (κ1) is 16.5. The number of anilines is 1. The Balaban J connectivity index is 1.82. The van der Waals surface area contributed by atoms with Gasteiger partial charge < -0.3 is 10.1 Å². The molecule has 0 fully saturated rings. The molecule has 0 heterocycles. The highest BCUT2D eigenvalue weighted by molar-refractivity contribution is 5.95. The van der Waals surface area contributed by atoms with Crippen molar-refractivity contribution in [3.05, 3.63) is 71.3 Å². The van der Waals surface area contributed by atoms with Crippen molar-refractivity contribution >= 4 is 23.6 Å². The molecule has 0 aromatic heterocycles. The fourth-order valence-electron chi connectivity index (χ4n) is 2.05. The number of carbonyl (C=O) groups is 2. The minimum Gasteiger partial charge on any atom is -0.452 e. The van der Waals surface area contributed by atoms with Gasteiger partial charge in [-0.2, -0.15) is 0 Å². The molecule has 0 unspecified atom stereocenters. The van der Waals surface area contributed by atoms with E-state index in [0.717, 1.165) is 22.4 Å². The van der Waals surface area contributed by atoms with E-state index in [1.807, 2.05) is 62.4 Å².